The molecular formula is C16H18N4. The van der Waals surface area contributed by atoms with Crippen molar-refractivity contribution in [3.05, 3.63) is 35.9 Å². The molecule has 1 aromatic heterocycles. The molecule has 0 spiro atoms. The molecule has 1 aliphatic heterocycles. The Morgan fingerprint density at radius 3 is 2.85 bits per heavy atom. The fourth-order valence-corrected chi connectivity index (χ4v) is 2.78. The molecule has 0 amide bonds. The lowest BCUT2D eigenvalue weighted by Gasteiger charge is -2.22. The van der Waals surface area contributed by atoms with Crippen LogP contribution in [-0.2, 0) is 0 Å². The van der Waals surface area contributed by atoms with Crippen LogP contribution < -0.4 is 4.90 Å². The molecule has 1 aliphatic rings. The molecular weight excluding hydrogens is 248 g/mol. The average molecular weight is 266 g/mol. The van der Waals surface area contributed by atoms with Crippen LogP contribution in [0.25, 0.3) is 10.9 Å². The van der Waals surface area contributed by atoms with Crippen molar-refractivity contribution in [1.82, 2.24) is 9.88 Å². The minimum absolute atomic E-state index is 0.537. The topological polar surface area (TPSA) is 43.2 Å². The Balaban J connectivity index is 2.01. The molecule has 1 saturated heterocycles. The lowest BCUT2D eigenvalue weighted by molar-refractivity contribution is 0.315. The maximum absolute atomic E-state index is 9.39. The SMILES string of the molecule is CN(C)C1CCN(c2nc3ccccc3cc2C#N)C1. The van der Waals surface area contributed by atoms with Crippen molar-refractivity contribution in [2.45, 2.75) is 12.5 Å². The van der Waals surface area contributed by atoms with E-state index in [1.807, 2.05) is 30.3 Å². The van der Waals surface area contributed by atoms with Crippen molar-refractivity contribution in [3.8, 4) is 6.07 Å². The van der Waals surface area contributed by atoms with Crippen molar-refractivity contribution in [3.63, 3.8) is 0 Å². The number of likely N-dealkylation sites (N-methyl/N-ethyl adjacent to an activating group) is 1. The molecule has 2 heterocycles. The van der Waals surface area contributed by atoms with E-state index in [1.54, 1.807) is 0 Å². The largest absolute Gasteiger partial charge is 0.354 e. The fraction of sp³-hybridized carbons (Fsp3) is 0.375. The molecule has 0 N–H and O–H groups in total. The predicted molar refractivity (Wildman–Crippen MR) is 80.8 cm³/mol. The van der Waals surface area contributed by atoms with Crippen molar-refractivity contribution >= 4 is 16.7 Å². The summed E-state index contributed by atoms with van der Waals surface area (Å²) in [7, 11) is 4.21. The van der Waals surface area contributed by atoms with Crippen LogP contribution in [0.1, 0.15) is 12.0 Å². The summed E-state index contributed by atoms with van der Waals surface area (Å²) in [6, 6.07) is 12.7. The number of nitrogens with zero attached hydrogens (tertiary/aromatic N) is 4. The van der Waals surface area contributed by atoms with Gasteiger partial charge in [-0.1, -0.05) is 18.2 Å². The summed E-state index contributed by atoms with van der Waals surface area (Å²) in [6.45, 7) is 1.90. The van der Waals surface area contributed by atoms with E-state index in [0.717, 1.165) is 36.2 Å². The molecule has 0 aliphatic carbocycles. The Hall–Kier alpha value is -2.12. The summed E-state index contributed by atoms with van der Waals surface area (Å²) >= 11 is 0. The zero-order chi connectivity index (χ0) is 14.1. The standard InChI is InChI=1S/C16H18N4/c1-19(2)14-7-8-20(11-14)16-13(10-17)9-12-5-3-4-6-15(12)18-16/h3-6,9,14H,7-8,11H2,1-2H3. The second-order valence-electron chi connectivity index (χ2n) is 5.52. The third-order valence-electron chi connectivity index (χ3n) is 4.02. The van der Waals surface area contributed by atoms with E-state index in [-0.39, 0.29) is 0 Å². The van der Waals surface area contributed by atoms with E-state index < -0.39 is 0 Å². The van der Waals surface area contributed by atoms with Crippen LogP contribution in [0, 0.1) is 11.3 Å². The first-order valence-electron chi connectivity index (χ1n) is 6.90. The molecule has 0 bridgehead atoms. The Labute approximate surface area is 119 Å². The maximum Gasteiger partial charge on any atom is 0.147 e. The van der Waals surface area contributed by atoms with Gasteiger partial charge in [0.25, 0.3) is 0 Å². The molecule has 1 atom stereocenters. The van der Waals surface area contributed by atoms with Gasteiger partial charge in [0.15, 0.2) is 0 Å². The molecule has 102 valence electrons. The number of aromatic nitrogens is 1. The van der Waals surface area contributed by atoms with Crippen molar-refractivity contribution < 1.29 is 0 Å². The highest BCUT2D eigenvalue weighted by Gasteiger charge is 2.26. The van der Waals surface area contributed by atoms with E-state index in [2.05, 4.69) is 30.0 Å². The minimum Gasteiger partial charge on any atom is -0.354 e. The van der Waals surface area contributed by atoms with Crippen LogP contribution in [0.5, 0.6) is 0 Å². The van der Waals surface area contributed by atoms with Gasteiger partial charge in [0.05, 0.1) is 11.1 Å². The maximum atomic E-state index is 9.39. The van der Waals surface area contributed by atoms with E-state index >= 15 is 0 Å². The number of fused-ring (bicyclic) bond motifs is 1. The van der Waals surface area contributed by atoms with Crippen LogP contribution in [-0.4, -0.2) is 43.1 Å². The molecule has 2 aromatic rings. The second-order valence-corrected chi connectivity index (χ2v) is 5.52. The highest BCUT2D eigenvalue weighted by Crippen LogP contribution is 2.26. The summed E-state index contributed by atoms with van der Waals surface area (Å²) in [5, 5.41) is 10.4. The quantitative estimate of drug-likeness (QED) is 0.836. The van der Waals surface area contributed by atoms with Gasteiger partial charge in [-0.15, -0.1) is 0 Å². The highest BCUT2D eigenvalue weighted by molar-refractivity contribution is 5.83. The molecule has 1 aromatic carbocycles. The predicted octanol–water partition coefficient (Wildman–Crippen LogP) is 2.25. The van der Waals surface area contributed by atoms with Crippen LogP contribution in [0.2, 0.25) is 0 Å². The van der Waals surface area contributed by atoms with Crippen LogP contribution in [0.15, 0.2) is 30.3 Å². The summed E-state index contributed by atoms with van der Waals surface area (Å²) in [5.74, 6) is 0.829. The molecule has 4 nitrogen and oxygen atoms in total. The molecule has 0 radical (unpaired) electrons. The van der Waals surface area contributed by atoms with Gasteiger partial charge in [0.1, 0.15) is 11.9 Å². The third-order valence-corrected chi connectivity index (χ3v) is 4.02. The first-order chi connectivity index (χ1) is 9.69. The van der Waals surface area contributed by atoms with E-state index in [0.29, 0.717) is 11.6 Å². The van der Waals surface area contributed by atoms with Crippen LogP contribution >= 0.6 is 0 Å². The van der Waals surface area contributed by atoms with Gasteiger partial charge >= 0.3 is 0 Å². The van der Waals surface area contributed by atoms with E-state index in [9.17, 15) is 5.26 Å². The first-order valence-corrected chi connectivity index (χ1v) is 6.90. The Morgan fingerprint density at radius 2 is 2.15 bits per heavy atom. The van der Waals surface area contributed by atoms with Gasteiger partial charge in [-0.2, -0.15) is 5.26 Å². The Bertz CT molecular complexity index is 672. The van der Waals surface area contributed by atoms with Crippen LogP contribution in [0.4, 0.5) is 5.82 Å². The molecule has 3 rings (SSSR count). The van der Waals surface area contributed by atoms with Gasteiger partial charge < -0.3 is 9.80 Å². The van der Waals surface area contributed by atoms with Crippen molar-refractivity contribution in [1.29, 1.82) is 5.26 Å². The monoisotopic (exact) mass is 266 g/mol. The highest BCUT2D eigenvalue weighted by atomic mass is 15.3. The number of pyridine rings is 1. The number of anilines is 1. The number of hydrogen-bond acceptors (Lipinski definition) is 4. The summed E-state index contributed by atoms with van der Waals surface area (Å²) in [5.41, 5.74) is 1.62. The molecule has 1 unspecified atom stereocenters. The fourth-order valence-electron chi connectivity index (χ4n) is 2.78. The molecule has 0 saturated carbocycles. The number of para-hydroxylation sites is 1. The van der Waals surface area contributed by atoms with Gasteiger partial charge in [-0.05, 0) is 32.6 Å². The van der Waals surface area contributed by atoms with Gasteiger partial charge in [-0.3, -0.25) is 0 Å². The lowest BCUT2D eigenvalue weighted by Crippen LogP contribution is -2.32. The van der Waals surface area contributed by atoms with Gasteiger partial charge in [-0.25, -0.2) is 4.98 Å². The van der Waals surface area contributed by atoms with E-state index in [1.165, 1.54) is 0 Å². The summed E-state index contributed by atoms with van der Waals surface area (Å²) < 4.78 is 0. The number of nitriles is 1. The van der Waals surface area contributed by atoms with Crippen LogP contribution in [0.3, 0.4) is 0 Å². The third kappa shape index (κ3) is 2.21. The molecule has 4 heteroatoms. The summed E-state index contributed by atoms with van der Waals surface area (Å²) in [4.78, 5) is 9.18. The average Bonchev–Trinajstić information content (AvgIpc) is 2.95. The molecule has 20 heavy (non-hydrogen) atoms. The van der Waals surface area contributed by atoms with Crippen molar-refractivity contribution in [2.75, 3.05) is 32.1 Å². The smallest absolute Gasteiger partial charge is 0.147 e. The zero-order valence-electron chi connectivity index (χ0n) is 11.9. The second kappa shape index (κ2) is 5.10. The van der Waals surface area contributed by atoms with Gasteiger partial charge in [0, 0.05) is 24.5 Å². The number of rotatable bonds is 2. The number of hydrogen-bond donors (Lipinski definition) is 0. The first kappa shape index (κ1) is 12.9. The lowest BCUT2D eigenvalue weighted by atomic mass is 10.1. The minimum atomic E-state index is 0.537. The summed E-state index contributed by atoms with van der Waals surface area (Å²) in [6.07, 6.45) is 1.12. The Kier molecular flexibility index (Phi) is 3.29. The van der Waals surface area contributed by atoms with E-state index in [4.69, 9.17) is 4.98 Å². The normalized spacial score (nSPS) is 18.7. The Morgan fingerprint density at radius 1 is 1.35 bits per heavy atom. The zero-order valence-corrected chi connectivity index (χ0v) is 11.9. The molecule has 1 fully saturated rings. The van der Waals surface area contributed by atoms with Crippen molar-refractivity contribution in [2.24, 2.45) is 0 Å². The van der Waals surface area contributed by atoms with Gasteiger partial charge in [0.2, 0.25) is 0 Å². The number of benzene rings is 1.